The van der Waals surface area contributed by atoms with Gasteiger partial charge in [-0.1, -0.05) is 78.4 Å². The van der Waals surface area contributed by atoms with Crippen LogP contribution in [-0.2, 0) is 6.54 Å². The van der Waals surface area contributed by atoms with E-state index in [-0.39, 0.29) is 23.2 Å². The Bertz CT molecular complexity index is 1830. The van der Waals surface area contributed by atoms with Crippen molar-refractivity contribution in [1.29, 1.82) is 5.26 Å². The third kappa shape index (κ3) is 5.11. The van der Waals surface area contributed by atoms with E-state index in [4.69, 9.17) is 5.10 Å². The Hall–Kier alpha value is -5.48. The van der Waals surface area contributed by atoms with Gasteiger partial charge in [0, 0.05) is 17.3 Å². The largest absolute Gasteiger partial charge is 0.494 e. The van der Waals surface area contributed by atoms with Crippen molar-refractivity contribution in [1.82, 2.24) is 14.3 Å². The molecule has 40 heavy (non-hydrogen) atoms. The Morgan fingerprint density at radius 3 is 2.27 bits per heavy atom. The molecule has 0 saturated carbocycles. The molecule has 5 rings (SSSR count). The fourth-order valence-corrected chi connectivity index (χ4v) is 4.56. The maximum absolute atomic E-state index is 13.5. The summed E-state index contributed by atoms with van der Waals surface area (Å²) in [4.78, 5) is 26.6. The summed E-state index contributed by atoms with van der Waals surface area (Å²) in [6.45, 7) is 3.47. The van der Waals surface area contributed by atoms with E-state index in [0.29, 0.717) is 11.3 Å². The Kier molecular flexibility index (Phi) is 7.25. The predicted molar refractivity (Wildman–Crippen MR) is 154 cm³/mol. The van der Waals surface area contributed by atoms with Gasteiger partial charge in [-0.15, -0.1) is 0 Å². The zero-order valence-electron chi connectivity index (χ0n) is 22.1. The van der Waals surface area contributed by atoms with Crippen molar-refractivity contribution in [2.45, 2.75) is 20.4 Å². The van der Waals surface area contributed by atoms with Gasteiger partial charge in [-0.05, 0) is 49.3 Å². The van der Waals surface area contributed by atoms with E-state index in [1.54, 1.807) is 10.8 Å². The highest BCUT2D eigenvalue weighted by Crippen LogP contribution is 2.27. The summed E-state index contributed by atoms with van der Waals surface area (Å²) >= 11 is 0. The zero-order chi connectivity index (χ0) is 28.2. The molecule has 196 valence electrons. The van der Waals surface area contributed by atoms with Crippen LogP contribution in [0.5, 0.6) is 5.88 Å². The highest BCUT2D eigenvalue weighted by molar-refractivity contribution is 6.09. The first-order valence-corrected chi connectivity index (χ1v) is 12.7. The lowest BCUT2D eigenvalue weighted by Gasteiger charge is -2.15. The van der Waals surface area contributed by atoms with Crippen LogP contribution in [0.4, 0.5) is 0 Å². The highest BCUT2D eigenvalue weighted by atomic mass is 16.3. The summed E-state index contributed by atoms with van der Waals surface area (Å²) in [5.41, 5.74) is 4.14. The monoisotopic (exact) mass is 526 g/mol. The standard InChI is InChI=1S/C33H26N4O3/c1-22-13-15-24(16-14-22)20-36-32(39)28(19-34)23(2)30(33(36)40)29(38)18-17-26-21-37(27-11-7-4-8-12-27)35-31(26)25-9-5-3-6-10-25/h3-18,21,40H,20H2,1-2H3/b18-17+. The molecule has 0 fully saturated rings. The molecular weight excluding hydrogens is 500 g/mol. The molecule has 5 aromatic rings. The van der Waals surface area contributed by atoms with Gasteiger partial charge in [0.25, 0.3) is 5.56 Å². The van der Waals surface area contributed by atoms with Gasteiger partial charge in [0.05, 0.1) is 23.5 Å². The summed E-state index contributed by atoms with van der Waals surface area (Å²) in [7, 11) is 0. The van der Waals surface area contributed by atoms with Crippen LogP contribution < -0.4 is 5.56 Å². The number of allylic oxidation sites excluding steroid dienone is 1. The minimum absolute atomic E-state index is 0.0197. The van der Waals surface area contributed by atoms with E-state index in [2.05, 4.69) is 0 Å². The Morgan fingerprint density at radius 1 is 0.975 bits per heavy atom. The lowest BCUT2D eigenvalue weighted by molar-refractivity contribution is 0.104. The minimum atomic E-state index is -0.644. The van der Waals surface area contributed by atoms with Crippen LogP contribution in [0.1, 0.15) is 38.2 Å². The van der Waals surface area contributed by atoms with Crippen LogP contribution in [0.25, 0.3) is 23.0 Å². The van der Waals surface area contributed by atoms with Crippen molar-refractivity contribution >= 4 is 11.9 Å². The molecule has 0 aliphatic rings. The number of benzene rings is 3. The van der Waals surface area contributed by atoms with Crippen molar-refractivity contribution in [3.05, 3.63) is 141 Å². The molecule has 1 N–H and O–H groups in total. The van der Waals surface area contributed by atoms with Crippen LogP contribution in [0, 0.1) is 25.2 Å². The van der Waals surface area contributed by atoms with E-state index in [9.17, 15) is 20.0 Å². The smallest absolute Gasteiger partial charge is 0.271 e. The number of nitrogens with zero attached hydrogens (tertiary/aromatic N) is 4. The summed E-state index contributed by atoms with van der Waals surface area (Å²) in [5.74, 6) is -1.00. The van der Waals surface area contributed by atoms with E-state index >= 15 is 0 Å². The summed E-state index contributed by atoms with van der Waals surface area (Å²) in [6.07, 6.45) is 4.80. The number of ketones is 1. The van der Waals surface area contributed by atoms with Crippen molar-refractivity contribution in [2.24, 2.45) is 0 Å². The molecule has 7 heteroatoms. The van der Waals surface area contributed by atoms with Gasteiger partial charge in [0.15, 0.2) is 5.78 Å². The SMILES string of the molecule is Cc1ccc(Cn2c(O)c(C(=O)/C=C/c3cn(-c4ccccc4)nc3-c3ccccc3)c(C)c(C#N)c2=O)cc1. The van der Waals surface area contributed by atoms with Crippen molar-refractivity contribution in [3.63, 3.8) is 0 Å². The molecule has 2 heterocycles. The van der Waals surface area contributed by atoms with Gasteiger partial charge in [-0.25, -0.2) is 4.68 Å². The van der Waals surface area contributed by atoms with Gasteiger partial charge in [0.1, 0.15) is 11.6 Å². The molecule has 0 unspecified atom stereocenters. The number of hydrogen-bond acceptors (Lipinski definition) is 5. The zero-order valence-corrected chi connectivity index (χ0v) is 22.1. The average Bonchev–Trinajstić information content (AvgIpc) is 3.41. The lowest BCUT2D eigenvalue weighted by atomic mass is 10.00. The fourth-order valence-electron chi connectivity index (χ4n) is 4.56. The van der Waals surface area contributed by atoms with Crippen molar-refractivity contribution in [2.75, 3.05) is 0 Å². The number of pyridine rings is 1. The number of aryl methyl sites for hydroxylation is 1. The van der Waals surface area contributed by atoms with Crippen LogP contribution in [0.3, 0.4) is 0 Å². The summed E-state index contributed by atoms with van der Waals surface area (Å²) in [5, 5.41) is 25.6. The van der Waals surface area contributed by atoms with Crippen LogP contribution in [0.15, 0.2) is 102 Å². The molecule has 0 atom stereocenters. The average molecular weight is 527 g/mol. The molecule has 0 spiro atoms. The molecule has 0 aliphatic heterocycles. The normalized spacial score (nSPS) is 11.0. The quantitative estimate of drug-likeness (QED) is 0.212. The molecule has 0 radical (unpaired) electrons. The molecule has 7 nitrogen and oxygen atoms in total. The van der Waals surface area contributed by atoms with Crippen LogP contribution in [0.2, 0.25) is 0 Å². The number of nitriles is 1. The summed E-state index contributed by atoms with van der Waals surface area (Å²) < 4.78 is 2.81. The molecule has 0 bridgehead atoms. The number of hydrogen-bond donors (Lipinski definition) is 1. The lowest BCUT2D eigenvalue weighted by Crippen LogP contribution is -2.26. The number of aromatic nitrogens is 3. The Balaban J connectivity index is 1.57. The van der Waals surface area contributed by atoms with Gasteiger partial charge in [0.2, 0.25) is 5.88 Å². The number of carbonyl (C=O) groups is 1. The van der Waals surface area contributed by atoms with Gasteiger partial charge in [-0.3, -0.25) is 14.2 Å². The van der Waals surface area contributed by atoms with E-state index < -0.39 is 17.2 Å². The molecule has 0 saturated heterocycles. The predicted octanol–water partition coefficient (Wildman–Crippen LogP) is 5.84. The first-order chi connectivity index (χ1) is 19.4. The van der Waals surface area contributed by atoms with Crippen molar-refractivity contribution < 1.29 is 9.90 Å². The third-order valence-corrected chi connectivity index (χ3v) is 6.73. The Morgan fingerprint density at radius 2 is 1.62 bits per heavy atom. The van der Waals surface area contributed by atoms with Gasteiger partial charge in [-0.2, -0.15) is 10.4 Å². The molecule has 2 aromatic heterocycles. The van der Waals surface area contributed by atoms with Crippen LogP contribution in [-0.4, -0.2) is 25.2 Å². The maximum atomic E-state index is 13.5. The van der Waals surface area contributed by atoms with Gasteiger partial charge >= 0.3 is 0 Å². The van der Waals surface area contributed by atoms with Crippen molar-refractivity contribution in [3.8, 4) is 28.9 Å². The number of rotatable bonds is 7. The second kappa shape index (κ2) is 11.1. The first kappa shape index (κ1) is 26.1. The maximum Gasteiger partial charge on any atom is 0.271 e. The topological polar surface area (TPSA) is 101 Å². The third-order valence-electron chi connectivity index (χ3n) is 6.73. The second-order valence-corrected chi connectivity index (χ2v) is 9.46. The molecule has 0 aliphatic carbocycles. The highest BCUT2D eigenvalue weighted by Gasteiger charge is 2.23. The fraction of sp³-hybridized carbons (Fsp3) is 0.0909. The second-order valence-electron chi connectivity index (χ2n) is 9.46. The van der Waals surface area contributed by atoms with E-state index in [1.807, 2.05) is 104 Å². The van der Waals surface area contributed by atoms with Gasteiger partial charge < -0.3 is 5.11 Å². The van der Waals surface area contributed by atoms with Crippen LogP contribution >= 0.6 is 0 Å². The van der Waals surface area contributed by atoms with E-state index in [1.165, 1.54) is 13.0 Å². The van der Waals surface area contributed by atoms with E-state index in [0.717, 1.165) is 26.9 Å². The molecule has 0 amide bonds. The molecule has 3 aromatic carbocycles. The molecular formula is C33H26N4O3. The Labute approximate surface area is 231 Å². The summed E-state index contributed by atoms with van der Waals surface area (Å²) in [6, 6.07) is 28.6. The first-order valence-electron chi connectivity index (χ1n) is 12.7. The number of carbonyl (C=O) groups excluding carboxylic acids is 1. The number of para-hydroxylation sites is 1. The number of aromatic hydroxyl groups is 1. The minimum Gasteiger partial charge on any atom is -0.494 e.